The lowest BCUT2D eigenvalue weighted by Gasteiger charge is -2.20. The zero-order chi connectivity index (χ0) is 12.3. The first-order valence-corrected chi connectivity index (χ1v) is 6.73. The van der Waals surface area contributed by atoms with Gasteiger partial charge in [-0.3, -0.25) is 4.79 Å². The molecule has 1 saturated heterocycles. The normalized spacial score (nSPS) is 16.6. The van der Waals surface area contributed by atoms with Gasteiger partial charge in [-0.25, -0.2) is 0 Å². The summed E-state index contributed by atoms with van der Waals surface area (Å²) in [6, 6.07) is 4.35. The first-order valence-electron chi connectivity index (χ1n) is 5.58. The fraction of sp³-hybridized carbons (Fsp3) is 0.417. The van der Waals surface area contributed by atoms with Crippen LogP contribution in [0.15, 0.2) is 18.2 Å². The van der Waals surface area contributed by atoms with E-state index in [-0.39, 0.29) is 23.0 Å². The molecule has 17 heavy (non-hydrogen) atoms. The highest BCUT2D eigenvalue weighted by Gasteiger charge is 2.22. The van der Waals surface area contributed by atoms with Crippen molar-refractivity contribution in [1.82, 2.24) is 4.90 Å². The van der Waals surface area contributed by atoms with E-state index in [2.05, 4.69) is 0 Å². The number of hydrogen-bond acceptors (Lipinski definition) is 4. The molecule has 0 aliphatic carbocycles. The Kier molecular flexibility index (Phi) is 3.78. The maximum atomic E-state index is 12.2. The maximum Gasteiger partial charge on any atom is 0.261 e. The average molecular weight is 253 g/mol. The third-order valence-electron chi connectivity index (χ3n) is 2.74. The van der Waals surface area contributed by atoms with Crippen LogP contribution in [-0.4, -0.2) is 45.6 Å². The van der Waals surface area contributed by atoms with Crippen LogP contribution >= 0.6 is 11.8 Å². The molecule has 0 spiro atoms. The summed E-state index contributed by atoms with van der Waals surface area (Å²) in [6.07, 6.45) is 0.949. The number of carbonyl (C=O) groups is 1. The van der Waals surface area contributed by atoms with Crippen molar-refractivity contribution in [3.05, 3.63) is 23.8 Å². The molecule has 1 aromatic rings. The topological polar surface area (TPSA) is 60.8 Å². The van der Waals surface area contributed by atoms with Gasteiger partial charge in [0, 0.05) is 18.8 Å². The predicted octanol–water partition coefficient (Wildman–Crippen LogP) is 1.68. The Labute approximate surface area is 104 Å². The highest BCUT2D eigenvalue weighted by atomic mass is 32.2. The fourth-order valence-electron chi connectivity index (χ4n) is 1.85. The van der Waals surface area contributed by atoms with Gasteiger partial charge in [0.15, 0.2) is 0 Å². The molecule has 0 bridgehead atoms. The minimum absolute atomic E-state index is 0.0133. The standard InChI is InChI=1S/C12H15NO3S/c14-9-3-1-4-10(15)11(9)12(16)13-5-2-7-17-8-6-13/h1,3-4,14-15H,2,5-8H2. The van der Waals surface area contributed by atoms with Gasteiger partial charge in [0.05, 0.1) is 0 Å². The molecule has 1 aliphatic rings. The van der Waals surface area contributed by atoms with Gasteiger partial charge in [-0.2, -0.15) is 11.8 Å². The van der Waals surface area contributed by atoms with Crippen LogP contribution in [0.1, 0.15) is 16.8 Å². The van der Waals surface area contributed by atoms with Crippen LogP contribution in [0, 0.1) is 0 Å². The molecule has 0 atom stereocenters. The van der Waals surface area contributed by atoms with Crippen LogP contribution in [0.2, 0.25) is 0 Å². The molecule has 0 aromatic heterocycles. The second kappa shape index (κ2) is 5.31. The number of nitrogens with zero attached hydrogens (tertiary/aromatic N) is 1. The van der Waals surface area contributed by atoms with E-state index in [1.165, 1.54) is 18.2 Å². The largest absolute Gasteiger partial charge is 0.507 e. The minimum atomic E-state index is -0.289. The minimum Gasteiger partial charge on any atom is -0.507 e. The smallest absolute Gasteiger partial charge is 0.261 e. The van der Waals surface area contributed by atoms with E-state index >= 15 is 0 Å². The van der Waals surface area contributed by atoms with Crippen LogP contribution in [0.5, 0.6) is 11.5 Å². The molecular formula is C12H15NO3S. The van der Waals surface area contributed by atoms with Gasteiger partial charge >= 0.3 is 0 Å². The molecule has 5 heteroatoms. The highest BCUT2D eigenvalue weighted by molar-refractivity contribution is 7.99. The summed E-state index contributed by atoms with van der Waals surface area (Å²) >= 11 is 1.82. The SMILES string of the molecule is O=C(c1c(O)cccc1O)N1CCCSCC1. The van der Waals surface area contributed by atoms with E-state index in [9.17, 15) is 15.0 Å². The molecule has 1 amide bonds. The second-order valence-corrected chi connectivity index (χ2v) is 5.15. The summed E-state index contributed by atoms with van der Waals surface area (Å²) in [5.74, 6) is 1.35. The predicted molar refractivity (Wildman–Crippen MR) is 67.6 cm³/mol. The third kappa shape index (κ3) is 2.66. The molecule has 1 aromatic carbocycles. The van der Waals surface area contributed by atoms with Gasteiger partial charge < -0.3 is 15.1 Å². The fourth-order valence-corrected chi connectivity index (χ4v) is 2.74. The van der Waals surface area contributed by atoms with Crippen molar-refractivity contribution in [2.24, 2.45) is 0 Å². The third-order valence-corrected chi connectivity index (χ3v) is 3.79. The van der Waals surface area contributed by atoms with Crippen molar-refractivity contribution in [1.29, 1.82) is 0 Å². The average Bonchev–Trinajstić information content (AvgIpc) is 2.57. The molecular weight excluding hydrogens is 238 g/mol. The molecule has 92 valence electrons. The number of thioether (sulfide) groups is 1. The molecule has 0 radical (unpaired) electrons. The van der Waals surface area contributed by atoms with E-state index in [0.717, 1.165) is 17.9 Å². The summed E-state index contributed by atoms with van der Waals surface area (Å²) < 4.78 is 0. The number of rotatable bonds is 1. The van der Waals surface area contributed by atoms with Crippen molar-refractivity contribution in [3.8, 4) is 11.5 Å². The van der Waals surface area contributed by atoms with Gasteiger partial charge in [-0.15, -0.1) is 0 Å². The van der Waals surface area contributed by atoms with Crippen LogP contribution in [0.4, 0.5) is 0 Å². The molecule has 1 fully saturated rings. The Morgan fingerprint density at radius 3 is 2.59 bits per heavy atom. The number of aromatic hydroxyl groups is 2. The van der Waals surface area contributed by atoms with E-state index in [0.29, 0.717) is 13.1 Å². The number of hydrogen-bond donors (Lipinski definition) is 2. The van der Waals surface area contributed by atoms with E-state index in [1.54, 1.807) is 4.90 Å². The van der Waals surface area contributed by atoms with E-state index in [1.807, 2.05) is 11.8 Å². The summed E-state index contributed by atoms with van der Waals surface area (Å²) in [4.78, 5) is 13.9. The summed E-state index contributed by atoms with van der Waals surface area (Å²) in [7, 11) is 0. The summed E-state index contributed by atoms with van der Waals surface area (Å²) in [6.45, 7) is 1.34. The van der Waals surface area contributed by atoms with Gasteiger partial charge in [-0.1, -0.05) is 6.07 Å². The van der Waals surface area contributed by atoms with Crippen LogP contribution in [-0.2, 0) is 0 Å². The Bertz CT molecular complexity index is 394. The Balaban J connectivity index is 2.23. The molecule has 2 N–H and O–H groups in total. The quantitative estimate of drug-likeness (QED) is 0.799. The lowest BCUT2D eigenvalue weighted by molar-refractivity contribution is 0.0762. The maximum absolute atomic E-state index is 12.2. The first-order chi connectivity index (χ1) is 8.20. The number of phenolic OH excluding ortho intramolecular Hbond substituents is 2. The second-order valence-electron chi connectivity index (χ2n) is 3.93. The molecule has 4 nitrogen and oxygen atoms in total. The summed E-state index contributed by atoms with van der Waals surface area (Å²) in [5, 5.41) is 19.3. The van der Waals surface area contributed by atoms with Crippen molar-refractivity contribution in [3.63, 3.8) is 0 Å². The Morgan fingerprint density at radius 1 is 1.18 bits per heavy atom. The van der Waals surface area contributed by atoms with E-state index < -0.39 is 0 Å². The zero-order valence-corrected chi connectivity index (χ0v) is 10.2. The van der Waals surface area contributed by atoms with E-state index in [4.69, 9.17) is 0 Å². The van der Waals surface area contributed by atoms with Gasteiger partial charge in [0.2, 0.25) is 0 Å². The highest BCUT2D eigenvalue weighted by Crippen LogP contribution is 2.28. The molecule has 1 heterocycles. The lowest BCUT2D eigenvalue weighted by atomic mass is 10.1. The zero-order valence-electron chi connectivity index (χ0n) is 9.43. The van der Waals surface area contributed by atoms with Crippen LogP contribution in [0.25, 0.3) is 0 Å². The van der Waals surface area contributed by atoms with Gasteiger partial charge in [-0.05, 0) is 24.3 Å². The Hall–Kier alpha value is -1.36. The van der Waals surface area contributed by atoms with Crippen LogP contribution in [0.3, 0.4) is 0 Å². The molecule has 0 unspecified atom stereocenters. The first kappa shape index (κ1) is 12.1. The van der Waals surface area contributed by atoms with Gasteiger partial charge in [0.25, 0.3) is 5.91 Å². The number of carbonyl (C=O) groups excluding carboxylic acids is 1. The lowest BCUT2D eigenvalue weighted by Crippen LogP contribution is -2.33. The number of amides is 1. The van der Waals surface area contributed by atoms with Crippen molar-refractivity contribution in [2.45, 2.75) is 6.42 Å². The number of benzene rings is 1. The van der Waals surface area contributed by atoms with Crippen molar-refractivity contribution in [2.75, 3.05) is 24.6 Å². The van der Waals surface area contributed by atoms with Gasteiger partial charge in [0.1, 0.15) is 17.1 Å². The molecule has 2 rings (SSSR count). The van der Waals surface area contributed by atoms with Crippen molar-refractivity contribution >= 4 is 17.7 Å². The van der Waals surface area contributed by atoms with Crippen LogP contribution < -0.4 is 0 Å². The molecule has 0 saturated carbocycles. The molecule has 1 aliphatic heterocycles. The summed E-state index contributed by atoms with van der Waals surface area (Å²) in [5.41, 5.74) is 0.0133. The monoisotopic (exact) mass is 253 g/mol. The Morgan fingerprint density at radius 2 is 1.88 bits per heavy atom. The van der Waals surface area contributed by atoms with Crippen molar-refractivity contribution < 1.29 is 15.0 Å². The number of phenols is 2.